The van der Waals surface area contributed by atoms with Crippen LogP contribution >= 0.6 is 22.9 Å². The van der Waals surface area contributed by atoms with Crippen LogP contribution in [0.1, 0.15) is 93.7 Å². The number of carbonyl (C=O) groups is 2. The molecule has 5 aromatic rings. The average molecular weight is 921 g/mol. The van der Waals surface area contributed by atoms with Crippen molar-refractivity contribution in [2.75, 3.05) is 38.7 Å². The van der Waals surface area contributed by atoms with Gasteiger partial charge in [-0.25, -0.2) is 4.98 Å². The smallest absolute Gasteiger partial charge is 0.243 e. The normalized spacial score (nSPS) is 16.0. The van der Waals surface area contributed by atoms with Crippen molar-refractivity contribution in [3.63, 3.8) is 0 Å². The van der Waals surface area contributed by atoms with E-state index in [1.54, 1.807) is 28.4 Å². The van der Waals surface area contributed by atoms with Gasteiger partial charge in [0.2, 0.25) is 11.8 Å². The highest BCUT2D eigenvalue weighted by Crippen LogP contribution is 2.36. The molecule has 5 N–H and O–H groups in total. The third-order valence-electron chi connectivity index (χ3n) is 11.9. The molecule has 2 amide bonds. The molecule has 1 fully saturated rings. The molecule has 4 aromatic carbocycles. The van der Waals surface area contributed by atoms with Crippen LogP contribution in [0, 0.1) is 12.3 Å². The van der Waals surface area contributed by atoms with Crippen LogP contribution < -0.4 is 20.7 Å². The maximum absolute atomic E-state index is 14.0. The molecular formula is C53H66ClN5O5S. The first kappa shape index (κ1) is 49.4. The number of amides is 2. The number of carbonyl (C=O) groups excluding carboxylic acids is 2. The van der Waals surface area contributed by atoms with Gasteiger partial charge >= 0.3 is 0 Å². The molecule has 0 unspecified atom stereocenters. The zero-order valence-electron chi connectivity index (χ0n) is 38.3. The number of phenols is 1. The number of allylic oxidation sites excluding steroid dienone is 1. The number of thiazole rings is 1. The van der Waals surface area contributed by atoms with E-state index in [1.807, 2.05) is 99.9 Å². The summed E-state index contributed by atoms with van der Waals surface area (Å²) in [7, 11) is 0. The summed E-state index contributed by atoms with van der Waals surface area (Å²) in [5.74, 6) is 1.14. The van der Waals surface area contributed by atoms with Crippen molar-refractivity contribution in [1.82, 2.24) is 25.8 Å². The number of likely N-dealkylation sites (tertiary alicyclic amines) is 1. The van der Waals surface area contributed by atoms with Gasteiger partial charge in [-0.2, -0.15) is 0 Å². The predicted molar refractivity (Wildman–Crippen MR) is 265 cm³/mol. The van der Waals surface area contributed by atoms with Crippen LogP contribution in [0.5, 0.6) is 11.5 Å². The Kier molecular flexibility index (Phi) is 18.6. The molecule has 346 valence electrons. The largest absolute Gasteiger partial charge is 0.508 e. The molecule has 6 rings (SSSR count). The summed E-state index contributed by atoms with van der Waals surface area (Å²) in [4.78, 5) is 34.5. The van der Waals surface area contributed by atoms with E-state index < -0.39 is 18.2 Å². The third-order valence-corrected chi connectivity index (χ3v) is 13.1. The predicted octanol–water partition coefficient (Wildman–Crippen LogP) is 9.61. The van der Waals surface area contributed by atoms with Crippen molar-refractivity contribution < 1.29 is 24.5 Å². The number of aliphatic hydroxyl groups excluding tert-OH is 1. The minimum absolute atomic E-state index is 0.141. The Balaban J connectivity index is 0.878. The second-order valence-electron chi connectivity index (χ2n) is 17.9. The molecule has 0 saturated carbocycles. The summed E-state index contributed by atoms with van der Waals surface area (Å²) in [5.41, 5.74) is 9.93. The molecule has 0 aliphatic carbocycles. The fourth-order valence-corrected chi connectivity index (χ4v) is 9.42. The number of alkyl halides is 1. The number of hydrogen-bond acceptors (Lipinski definition) is 9. The number of halogens is 1. The first-order valence-corrected chi connectivity index (χ1v) is 24.4. The van der Waals surface area contributed by atoms with Crippen molar-refractivity contribution >= 4 is 45.9 Å². The van der Waals surface area contributed by atoms with Gasteiger partial charge in [-0.05, 0) is 108 Å². The fraction of sp³-hybridized carbons (Fsp3) is 0.415. The summed E-state index contributed by atoms with van der Waals surface area (Å²) in [6.07, 6.45) is 5.47. The maximum Gasteiger partial charge on any atom is 0.243 e. The van der Waals surface area contributed by atoms with Gasteiger partial charge in [0.25, 0.3) is 0 Å². The average Bonchev–Trinajstić information content (AvgIpc) is 3.92. The summed E-state index contributed by atoms with van der Waals surface area (Å²) >= 11 is 7.92. The van der Waals surface area contributed by atoms with E-state index in [1.165, 1.54) is 0 Å². The number of nitrogens with one attached hydrogen (secondary N) is 3. The molecule has 0 bridgehead atoms. The van der Waals surface area contributed by atoms with Crippen molar-refractivity contribution in [2.24, 2.45) is 5.41 Å². The van der Waals surface area contributed by atoms with Crippen LogP contribution in [0.4, 0.5) is 0 Å². The highest BCUT2D eigenvalue weighted by Gasteiger charge is 2.43. The molecule has 12 heteroatoms. The molecular weight excluding hydrogens is 854 g/mol. The Labute approximate surface area is 394 Å². The summed E-state index contributed by atoms with van der Waals surface area (Å²) in [6, 6.07) is 32.7. The van der Waals surface area contributed by atoms with Gasteiger partial charge in [-0.3, -0.25) is 9.59 Å². The lowest BCUT2D eigenvalue weighted by molar-refractivity contribution is -0.142. The lowest BCUT2D eigenvalue weighted by Crippen LogP contribution is -2.56. The van der Waals surface area contributed by atoms with Gasteiger partial charge in [0.15, 0.2) is 0 Å². The van der Waals surface area contributed by atoms with E-state index in [-0.39, 0.29) is 35.9 Å². The van der Waals surface area contributed by atoms with Crippen molar-refractivity contribution in [1.29, 1.82) is 0 Å². The Hall–Kier alpha value is -5.04. The van der Waals surface area contributed by atoms with Crippen molar-refractivity contribution in [2.45, 2.75) is 97.4 Å². The number of rotatable bonds is 23. The van der Waals surface area contributed by atoms with E-state index >= 15 is 0 Å². The summed E-state index contributed by atoms with van der Waals surface area (Å²) in [6.45, 7) is 11.5. The van der Waals surface area contributed by atoms with Gasteiger partial charge in [-0.15, -0.1) is 22.9 Å². The number of aliphatic hydroxyl groups is 1. The molecule has 1 saturated heterocycles. The number of hydrogen-bond donors (Lipinski definition) is 5. The quantitative estimate of drug-likeness (QED) is 0.0249. The fourth-order valence-electron chi connectivity index (χ4n) is 8.42. The second kappa shape index (κ2) is 24.5. The SMILES string of the molecule is Cc1ncsc1-c1ccc(CNC(=O)[C@@H]2C[C@@H](O)CN2C(=O)[C@@H](NCCCCCCCNCCOc2ccc(C(=C(CCCl)c3ccccc3)c3ccc(O)cc3)cc2)C(C)(C)C)cc1. The lowest BCUT2D eigenvalue weighted by atomic mass is 9.85. The van der Waals surface area contributed by atoms with Crippen LogP contribution in [-0.2, 0) is 16.1 Å². The van der Waals surface area contributed by atoms with Gasteiger partial charge in [0.1, 0.15) is 24.1 Å². The van der Waals surface area contributed by atoms with E-state index in [2.05, 4.69) is 45.2 Å². The topological polar surface area (TPSA) is 136 Å². The lowest BCUT2D eigenvalue weighted by Gasteiger charge is -2.35. The number of nitrogens with zero attached hydrogens (tertiary/aromatic N) is 2. The van der Waals surface area contributed by atoms with Crippen LogP contribution in [-0.4, -0.2) is 88.8 Å². The monoisotopic (exact) mass is 919 g/mol. The van der Waals surface area contributed by atoms with Crippen LogP contribution in [0.15, 0.2) is 109 Å². The third kappa shape index (κ3) is 14.2. The molecule has 3 atom stereocenters. The zero-order valence-corrected chi connectivity index (χ0v) is 39.9. The second-order valence-corrected chi connectivity index (χ2v) is 19.2. The molecule has 0 spiro atoms. The van der Waals surface area contributed by atoms with Crippen LogP contribution in [0.2, 0.25) is 0 Å². The first-order chi connectivity index (χ1) is 31.4. The number of aromatic hydroxyl groups is 1. The highest BCUT2D eigenvalue weighted by molar-refractivity contribution is 7.13. The summed E-state index contributed by atoms with van der Waals surface area (Å²) < 4.78 is 6.09. The van der Waals surface area contributed by atoms with E-state index in [4.69, 9.17) is 16.3 Å². The Morgan fingerprint density at radius 1 is 0.862 bits per heavy atom. The van der Waals surface area contributed by atoms with E-state index in [0.717, 1.165) is 100 Å². The number of phenolic OH excluding ortho intramolecular Hbond substituents is 1. The number of aryl methyl sites for hydroxylation is 1. The molecule has 2 heterocycles. The molecule has 0 radical (unpaired) electrons. The van der Waals surface area contributed by atoms with E-state index in [9.17, 15) is 19.8 Å². The molecule has 65 heavy (non-hydrogen) atoms. The zero-order chi connectivity index (χ0) is 46.2. The van der Waals surface area contributed by atoms with Crippen LogP contribution in [0.3, 0.4) is 0 Å². The molecule has 1 aromatic heterocycles. The van der Waals surface area contributed by atoms with Gasteiger partial charge < -0.3 is 35.8 Å². The number of ether oxygens (including phenoxy) is 1. The molecule has 10 nitrogen and oxygen atoms in total. The summed E-state index contributed by atoms with van der Waals surface area (Å²) in [5, 5.41) is 30.6. The molecule has 1 aliphatic rings. The van der Waals surface area contributed by atoms with Gasteiger partial charge in [0, 0.05) is 31.9 Å². The van der Waals surface area contributed by atoms with Crippen molar-refractivity contribution in [3.05, 3.63) is 137 Å². The first-order valence-electron chi connectivity index (χ1n) is 23.0. The number of unbranched alkanes of at least 4 members (excludes halogenated alkanes) is 4. The van der Waals surface area contributed by atoms with Crippen LogP contribution in [0.25, 0.3) is 21.6 Å². The number of benzene rings is 4. The van der Waals surface area contributed by atoms with Crippen molar-refractivity contribution in [3.8, 4) is 21.9 Å². The number of aromatic nitrogens is 1. The minimum atomic E-state index is -0.742. The Bertz CT molecular complexity index is 2280. The molecule has 1 aliphatic heterocycles. The number of β-amino-alcohol motifs (C(OH)–C–C–N with tert-alkyl or cyclic N) is 1. The highest BCUT2D eigenvalue weighted by atomic mass is 35.5. The Morgan fingerprint density at radius 3 is 2.17 bits per heavy atom. The van der Waals surface area contributed by atoms with E-state index in [0.29, 0.717) is 32.0 Å². The standard InChI is InChI=1S/C53H66ClN5O5S/c1-37-49(65-36-58-37)42-17-15-38(16-18-42)34-57-51(62)47-33-44(61)35-59(47)52(63)50(53(2,3)4)56-30-12-7-5-6-11-29-55-31-32-64-45-25-21-41(22-26-45)48(40-19-23-43(60)24-20-40)46(27-28-54)39-13-9-8-10-14-39/h8-10,13-26,36,44,47,50,55-56,60-61H,5-7,11-12,27-35H2,1-4H3,(H,57,62)/t44-,47+,50-/m1/s1. The van der Waals surface area contributed by atoms with Gasteiger partial charge in [-0.1, -0.05) is 119 Å². The Morgan fingerprint density at radius 2 is 1.52 bits per heavy atom. The minimum Gasteiger partial charge on any atom is -0.508 e. The van der Waals surface area contributed by atoms with Gasteiger partial charge in [0.05, 0.1) is 28.2 Å². The maximum atomic E-state index is 14.0.